The lowest BCUT2D eigenvalue weighted by Gasteiger charge is -2.28. The Morgan fingerprint density at radius 2 is 1.05 bits per heavy atom. The van der Waals surface area contributed by atoms with Crippen molar-refractivity contribution < 1.29 is 9.59 Å². The van der Waals surface area contributed by atoms with Crippen molar-refractivity contribution in [2.75, 3.05) is 0 Å². The Morgan fingerprint density at radius 3 is 1.44 bits per heavy atom. The third kappa shape index (κ3) is 6.53. The van der Waals surface area contributed by atoms with E-state index in [1.165, 1.54) is 96.2 Å². The first-order valence-electron chi connectivity index (χ1n) is 15.4. The van der Waals surface area contributed by atoms with Crippen LogP contribution in [0.2, 0.25) is 0 Å². The van der Waals surface area contributed by atoms with Crippen molar-refractivity contribution in [1.29, 1.82) is 0 Å². The number of allylic oxidation sites excluding steroid dienone is 2. The molecule has 2 aromatic rings. The summed E-state index contributed by atoms with van der Waals surface area (Å²) in [5, 5.41) is 6.63. The summed E-state index contributed by atoms with van der Waals surface area (Å²) in [5.74, 6) is 1.35. The molecule has 2 atom stereocenters. The van der Waals surface area contributed by atoms with Crippen LogP contribution in [0.3, 0.4) is 0 Å². The highest BCUT2D eigenvalue weighted by Crippen LogP contribution is 2.45. The molecule has 39 heavy (non-hydrogen) atoms. The van der Waals surface area contributed by atoms with Crippen molar-refractivity contribution in [3.63, 3.8) is 0 Å². The smallest absolute Gasteiger partial charge is 0.261 e. The van der Waals surface area contributed by atoms with Gasteiger partial charge in [-0.05, 0) is 119 Å². The summed E-state index contributed by atoms with van der Waals surface area (Å²) in [7, 11) is 0. The second-order valence-corrected chi connectivity index (χ2v) is 14.8. The molecule has 3 aliphatic carbocycles. The van der Waals surface area contributed by atoms with Gasteiger partial charge in [-0.25, -0.2) is 0 Å². The summed E-state index contributed by atoms with van der Waals surface area (Å²) >= 11 is 3.24. The number of hydrogen-bond donors (Lipinski definition) is 2. The van der Waals surface area contributed by atoms with Crippen molar-refractivity contribution in [1.82, 2.24) is 10.6 Å². The van der Waals surface area contributed by atoms with Crippen LogP contribution in [-0.2, 0) is 0 Å². The maximum atomic E-state index is 13.2. The Labute approximate surface area is 243 Å². The fraction of sp³-hybridized carbons (Fsp3) is 0.636. The van der Waals surface area contributed by atoms with E-state index in [4.69, 9.17) is 0 Å². The summed E-state index contributed by atoms with van der Waals surface area (Å²) in [5.41, 5.74) is 5.19. The SMILES string of the molecule is Cc1sc(C(=O)N[C@H](C)C2CCCCC2)cc1C1=C(c2cc(C(=O)N[C@H](C)C3CCCCC3)sc2C)CCC1. The van der Waals surface area contributed by atoms with Crippen molar-refractivity contribution in [2.45, 2.75) is 123 Å². The van der Waals surface area contributed by atoms with Crippen molar-refractivity contribution >= 4 is 45.6 Å². The highest BCUT2D eigenvalue weighted by molar-refractivity contribution is 7.14. The zero-order valence-corrected chi connectivity index (χ0v) is 25.9. The number of aryl methyl sites for hydroxylation is 2. The Hall–Kier alpha value is -1.92. The minimum Gasteiger partial charge on any atom is -0.349 e. The molecule has 0 aromatic carbocycles. The molecule has 3 aliphatic rings. The van der Waals surface area contributed by atoms with Gasteiger partial charge in [0.15, 0.2) is 0 Å². The average Bonchev–Trinajstić information content (AvgIpc) is 3.67. The number of nitrogens with one attached hydrogen (secondary N) is 2. The molecule has 2 heterocycles. The molecular weight excluding hydrogens is 521 g/mol. The van der Waals surface area contributed by atoms with Crippen molar-refractivity contribution in [3.8, 4) is 0 Å². The van der Waals surface area contributed by atoms with E-state index in [2.05, 4.69) is 50.5 Å². The fourth-order valence-corrected chi connectivity index (χ4v) is 9.09. The van der Waals surface area contributed by atoms with E-state index < -0.39 is 0 Å². The van der Waals surface area contributed by atoms with Crippen LogP contribution >= 0.6 is 22.7 Å². The maximum absolute atomic E-state index is 13.2. The molecule has 2 amide bonds. The summed E-state index contributed by atoms with van der Waals surface area (Å²) in [6.07, 6.45) is 15.9. The van der Waals surface area contributed by atoms with Crippen molar-refractivity contribution in [3.05, 3.63) is 42.8 Å². The van der Waals surface area contributed by atoms with Gasteiger partial charge in [0.05, 0.1) is 9.75 Å². The third-order valence-electron chi connectivity index (χ3n) is 9.58. The lowest BCUT2D eigenvalue weighted by Crippen LogP contribution is -2.38. The molecule has 5 rings (SSSR count). The Morgan fingerprint density at radius 1 is 0.667 bits per heavy atom. The van der Waals surface area contributed by atoms with Crippen LogP contribution in [0.25, 0.3) is 11.1 Å². The van der Waals surface area contributed by atoms with Crippen LogP contribution in [0.5, 0.6) is 0 Å². The first-order valence-corrected chi connectivity index (χ1v) is 17.0. The quantitative estimate of drug-likeness (QED) is 0.335. The molecule has 2 fully saturated rings. The van der Waals surface area contributed by atoms with Gasteiger partial charge in [0, 0.05) is 21.8 Å². The number of rotatable bonds is 8. The van der Waals surface area contributed by atoms with Gasteiger partial charge in [-0.3, -0.25) is 9.59 Å². The van der Waals surface area contributed by atoms with Crippen molar-refractivity contribution in [2.24, 2.45) is 11.8 Å². The first-order chi connectivity index (χ1) is 18.8. The van der Waals surface area contributed by atoms with Gasteiger partial charge in [0.2, 0.25) is 0 Å². The van der Waals surface area contributed by atoms with Gasteiger partial charge in [-0.15, -0.1) is 22.7 Å². The molecule has 2 saturated carbocycles. The molecule has 0 radical (unpaired) electrons. The van der Waals surface area contributed by atoms with Crippen LogP contribution in [0.1, 0.15) is 138 Å². The van der Waals surface area contributed by atoms with Gasteiger partial charge in [-0.1, -0.05) is 38.5 Å². The van der Waals surface area contributed by atoms with E-state index >= 15 is 0 Å². The molecule has 2 aromatic heterocycles. The monoisotopic (exact) mass is 566 g/mol. The molecule has 212 valence electrons. The molecule has 0 saturated heterocycles. The van der Waals surface area contributed by atoms with Gasteiger partial charge in [0.1, 0.15) is 0 Å². The highest BCUT2D eigenvalue weighted by Gasteiger charge is 2.27. The van der Waals surface area contributed by atoms with Gasteiger partial charge in [0.25, 0.3) is 11.8 Å². The number of thiophene rings is 2. The molecule has 0 spiro atoms. The molecular formula is C33H46N2O2S2. The standard InChI is InChI=1S/C33H46N2O2S2/c1-20(24-12-7-5-8-13-24)34-32(36)30-18-28(22(3)38-30)26-16-11-17-27(26)29-19-31(39-23(29)4)33(37)35-21(2)25-14-9-6-10-15-25/h18-21,24-25H,5-17H2,1-4H3,(H,34,36)(H,35,37)/t20-,21-/m1/s1. The maximum Gasteiger partial charge on any atom is 0.261 e. The minimum atomic E-state index is 0.0744. The molecule has 0 aliphatic heterocycles. The number of carbonyl (C=O) groups is 2. The topological polar surface area (TPSA) is 58.2 Å². The third-order valence-corrected chi connectivity index (χ3v) is 11.7. The highest BCUT2D eigenvalue weighted by atomic mass is 32.1. The Kier molecular flexibility index (Phi) is 9.33. The molecule has 2 N–H and O–H groups in total. The zero-order valence-electron chi connectivity index (χ0n) is 24.3. The van der Waals surface area contributed by atoms with Crippen LogP contribution in [-0.4, -0.2) is 23.9 Å². The lowest BCUT2D eigenvalue weighted by molar-refractivity contribution is 0.0915. The van der Waals surface area contributed by atoms with Crippen LogP contribution in [0.4, 0.5) is 0 Å². The largest absolute Gasteiger partial charge is 0.349 e. The van der Waals surface area contributed by atoms with E-state index in [1.807, 2.05) is 0 Å². The van der Waals surface area contributed by atoms with Gasteiger partial charge >= 0.3 is 0 Å². The summed E-state index contributed by atoms with van der Waals surface area (Å²) in [4.78, 5) is 30.5. The fourth-order valence-electron chi connectivity index (χ4n) is 7.19. The predicted octanol–water partition coefficient (Wildman–Crippen LogP) is 8.92. The second kappa shape index (κ2) is 12.7. The van der Waals surface area contributed by atoms with E-state index in [1.54, 1.807) is 22.7 Å². The van der Waals surface area contributed by atoms with Crippen LogP contribution < -0.4 is 10.6 Å². The van der Waals surface area contributed by atoms with Crippen LogP contribution in [0, 0.1) is 25.7 Å². The predicted molar refractivity (Wildman–Crippen MR) is 166 cm³/mol. The number of amides is 2. The lowest BCUT2D eigenvalue weighted by atomic mass is 9.84. The minimum absolute atomic E-state index is 0.0744. The Balaban J connectivity index is 1.31. The second-order valence-electron chi connectivity index (χ2n) is 12.3. The van der Waals surface area contributed by atoms with E-state index in [0.717, 1.165) is 29.0 Å². The van der Waals surface area contributed by atoms with Gasteiger partial charge < -0.3 is 10.6 Å². The molecule has 4 nitrogen and oxygen atoms in total. The zero-order chi connectivity index (χ0) is 27.5. The number of carbonyl (C=O) groups excluding carboxylic acids is 2. The number of hydrogen-bond acceptors (Lipinski definition) is 4. The summed E-state index contributed by atoms with van der Waals surface area (Å²) in [6, 6.07) is 4.71. The molecule has 0 unspecified atom stereocenters. The van der Waals surface area contributed by atoms with E-state index in [0.29, 0.717) is 11.8 Å². The molecule has 6 heteroatoms. The van der Waals surface area contributed by atoms with E-state index in [9.17, 15) is 9.59 Å². The Bertz CT molecular complexity index is 1120. The summed E-state index contributed by atoms with van der Waals surface area (Å²) in [6.45, 7) is 8.65. The van der Waals surface area contributed by atoms with Crippen LogP contribution in [0.15, 0.2) is 12.1 Å². The first kappa shape index (κ1) is 28.6. The summed E-state index contributed by atoms with van der Waals surface area (Å²) < 4.78 is 0. The van der Waals surface area contributed by atoms with E-state index in [-0.39, 0.29) is 23.9 Å². The molecule has 0 bridgehead atoms. The average molecular weight is 567 g/mol. The van der Waals surface area contributed by atoms with Gasteiger partial charge in [-0.2, -0.15) is 0 Å². The normalized spacial score (nSPS) is 20.7.